The van der Waals surface area contributed by atoms with Gasteiger partial charge >= 0.3 is 5.97 Å². The van der Waals surface area contributed by atoms with E-state index in [0.717, 1.165) is 4.90 Å². The summed E-state index contributed by atoms with van der Waals surface area (Å²) in [5.74, 6) is -0.374. The first-order chi connectivity index (χ1) is 6.74. The van der Waals surface area contributed by atoms with Crippen LogP contribution in [0.5, 0.6) is 0 Å². The molecule has 2 N–H and O–H groups in total. The van der Waals surface area contributed by atoms with Gasteiger partial charge in [-0.15, -0.1) is 0 Å². The topological polar surface area (TPSA) is 52.3 Å². The minimum atomic E-state index is -0.641. The first-order valence-electron chi connectivity index (χ1n) is 4.38. The summed E-state index contributed by atoms with van der Waals surface area (Å²) in [5, 5.41) is -0.641. The molecule has 0 saturated heterocycles. The zero-order valence-electron chi connectivity index (χ0n) is 7.97. The van der Waals surface area contributed by atoms with Crippen LogP contribution in [0, 0.1) is 0 Å². The maximum Gasteiger partial charge on any atom is 0.333 e. The standard InChI is InChI=1S/C10H13NO2S/c1-2-13-10(12)9(11)14-8-6-4-3-5-7-8/h3-7,9H,2,11H2,1H3/t9-/m0/s1. The monoisotopic (exact) mass is 211 g/mol. The molecule has 0 bridgehead atoms. The van der Waals surface area contributed by atoms with Crippen LogP contribution in [0.15, 0.2) is 35.2 Å². The Kier molecular flexibility index (Phi) is 4.49. The van der Waals surface area contributed by atoms with Crippen LogP contribution in [-0.4, -0.2) is 18.0 Å². The van der Waals surface area contributed by atoms with E-state index in [1.807, 2.05) is 30.3 Å². The highest BCUT2D eigenvalue weighted by Gasteiger charge is 2.15. The SMILES string of the molecule is CCOC(=O)[C@@H](N)Sc1ccccc1. The van der Waals surface area contributed by atoms with E-state index in [1.165, 1.54) is 11.8 Å². The molecule has 0 unspecified atom stereocenters. The van der Waals surface area contributed by atoms with Gasteiger partial charge in [0.15, 0.2) is 5.37 Å². The third-order valence-corrected chi connectivity index (χ3v) is 2.52. The van der Waals surface area contributed by atoms with E-state index < -0.39 is 5.37 Å². The van der Waals surface area contributed by atoms with Crippen LogP contribution >= 0.6 is 11.8 Å². The van der Waals surface area contributed by atoms with Gasteiger partial charge in [-0.2, -0.15) is 0 Å². The van der Waals surface area contributed by atoms with Gasteiger partial charge in [-0.25, -0.2) is 4.79 Å². The van der Waals surface area contributed by atoms with Crippen molar-refractivity contribution in [2.45, 2.75) is 17.2 Å². The minimum Gasteiger partial charge on any atom is -0.464 e. The van der Waals surface area contributed by atoms with Crippen molar-refractivity contribution in [3.63, 3.8) is 0 Å². The number of hydrogen-bond donors (Lipinski definition) is 1. The van der Waals surface area contributed by atoms with Crippen LogP contribution in [-0.2, 0) is 9.53 Å². The van der Waals surface area contributed by atoms with Crippen molar-refractivity contribution in [3.05, 3.63) is 30.3 Å². The number of esters is 1. The molecule has 1 atom stereocenters. The Hall–Kier alpha value is -1.00. The summed E-state index contributed by atoms with van der Waals surface area (Å²) < 4.78 is 4.79. The highest BCUT2D eigenvalue weighted by atomic mass is 32.2. The highest BCUT2D eigenvalue weighted by Crippen LogP contribution is 2.20. The number of rotatable bonds is 4. The molecule has 0 aliphatic carbocycles. The van der Waals surface area contributed by atoms with E-state index in [-0.39, 0.29) is 5.97 Å². The Morgan fingerprint density at radius 3 is 2.71 bits per heavy atom. The van der Waals surface area contributed by atoms with E-state index in [0.29, 0.717) is 6.61 Å². The summed E-state index contributed by atoms with van der Waals surface area (Å²) >= 11 is 1.29. The van der Waals surface area contributed by atoms with E-state index >= 15 is 0 Å². The second-order valence-corrected chi connectivity index (χ2v) is 3.82. The molecule has 1 aromatic rings. The van der Waals surface area contributed by atoms with Gasteiger partial charge in [0.25, 0.3) is 0 Å². The van der Waals surface area contributed by atoms with Crippen molar-refractivity contribution in [2.24, 2.45) is 5.73 Å². The maximum absolute atomic E-state index is 11.2. The lowest BCUT2D eigenvalue weighted by molar-refractivity contribution is -0.142. The lowest BCUT2D eigenvalue weighted by atomic mass is 10.4. The Balaban J connectivity index is 2.49. The van der Waals surface area contributed by atoms with Crippen molar-refractivity contribution in [1.29, 1.82) is 0 Å². The van der Waals surface area contributed by atoms with Crippen LogP contribution in [0.3, 0.4) is 0 Å². The molecule has 0 radical (unpaired) electrons. The largest absolute Gasteiger partial charge is 0.464 e. The first kappa shape index (κ1) is 11.1. The van der Waals surface area contributed by atoms with Crippen LogP contribution in [0.4, 0.5) is 0 Å². The molecule has 0 amide bonds. The Labute approximate surface area is 87.6 Å². The molecule has 0 spiro atoms. The van der Waals surface area contributed by atoms with E-state index in [4.69, 9.17) is 10.5 Å². The molecule has 0 aromatic heterocycles. The quantitative estimate of drug-likeness (QED) is 0.467. The Morgan fingerprint density at radius 1 is 1.50 bits per heavy atom. The molecule has 76 valence electrons. The molecule has 0 heterocycles. The van der Waals surface area contributed by atoms with Gasteiger partial charge < -0.3 is 10.5 Å². The summed E-state index contributed by atoms with van der Waals surface area (Å²) in [4.78, 5) is 12.1. The molecule has 3 nitrogen and oxygen atoms in total. The number of thioether (sulfide) groups is 1. The smallest absolute Gasteiger partial charge is 0.333 e. The fraction of sp³-hybridized carbons (Fsp3) is 0.300. The average Bonchev–Trinajstić information content (AvgIpc) is 2.19. The fourth-order valence-corrected chi connectivity index (χ4v) is 1.69. The van der Waals surface area contributed by atoms with Crippen molar-refractivity contribution in [1.82, 2.24) is 0 Å². The third kappa shape index (κ3) is 3.40. The van der Waals surface area contributed by atoms with Gasteiger partial charge in [0, 0.05) is 4.90 Å². The number of carbonyl (C=O) groups is 1. The molecule has 0 saturated carbocycles. The first-order valence-corrected chi connectivity index (χ1v) is 5.26. The third-order valence-electron chi connectivity index (χ3n) is 1.53. The van der Waals surface area contributed by atoms with Gasteiger partial charge in [0.05, 0.1) is 6.61 Å². The van der Waals surface area contributed by atoms with Gasteiger partial charge in [-0.05, 0) is 19.1 Å². The number of ether oxygens (including phenoxy) is 1. The number of hydrogen-bond acceptors (Lipinski definition) is 4. The van der Waals surface area contributed by atoms with Crippen LogP contribution in [0.1, 0.15) is 6.92 Å². The summed E-state index contributed by atoms with van der Waals surface area (Å²) in [6.07, 6.45) is 0. The predicted molar refractivity (Wildman–Crippen MR) is 56.9 cm³/mol. The molecular formula is C10H13NO2S. The maximum atomic E-state index is 11.2. The summed E-state index contributed by atoms with van der Waals surface area (Å²) in [5.41, 5.74) is 5.62. The van der Waals surface area contributed by atoms with E-state index in [1.54, 1.807) is 6.92 Å². The van der Waals surface area contributed by atoms with E-state index in [9.17, 15) is 4.79 Å². The van der Waals surface area contributed by atoms with Crippen LogP contribution in [0.25, 0.3) is 0 Å². The molecular weight excluding hydrogens is 198 g/mol. The van der Waals surface area contributed by atoms with Crippen molar-refractivity contribution >= 4 is 17.7 Å². The molecule has 0 fully saturated rings. The lowest BCUT2D eigenvalue weighted by Gasteiger charge is -2.09. The summed E-state index contributed by atoms with van der Waals surface area (Å²) in [7, 11) is 0. The predicted octanol–water partition coefficient (Wildman–Crippen LogP) is 1.63. The second kappa shape index (κ2) is 5.67. The van der Waals surface area contributed by atoms with Gasteiger partial charge in [-0.3, -0.25) is 0 Å². The molecule has 4 heteroatoms. The Morgan fingerprint density at radius 2 is 2.14 bits per heavy atom. The number of carbonyl (C=O) groups excluding carboxylic acids is 1. The fourth-order valence-electron chi connectivity index (χ4n) is 0.918. The molecule has 1 rings (SSSR count). The number of nitrogens with two attached hydrogens (primary N) is 1. The van der Waals surface area contributed by atoms with Gasteiger partial charge in [-0.1, -0.05) is 30.0 Å². The van der Waals surface area contributed by atoms with Crippen LogP contribution < -0.4 is 5.73 Å². The molecule has 14 heavy (non-hydrogen) atoms. The summed E-state index contributed by atoms with van der Waals surface area (Å²) in [6.45, 7) is 2.12. The minimum absolute atomic E-state index is 0.363. The van der Waals surface area contributed by atoms with Gasteiger partial charge in [0.1, 0.15) is 0 Å². The molecule has 0 aliphatic rings. The Bertz CT molecular complexity index is 289. The number of benzene rings is 1. The summed E-state index contributed by atoms with van der Waals surface area (Å²) in [6, 6.07) is 9.54. The van der Waals surface area contributed by atoms with E-state index in [2.05, 4.69) is 0 Å². The molecule has 1 aromatic carbocycles. The highest BCUT2D eigenvalue weighted by molar-refractivity contribution is 8.00. The normalized spacial score (nSPS) is 12.1. The van der Waals surface area contributed by atoms with Crippen molar-refractivity contribution in [2.75, 3.05) is 6.61 Å². The molecule has 0 aliphatic heterocycles. The average molecular weight is 211 g/mol. The zero-order chi connectivity index (χ0) is 10.4. The van der Waals surface area contributed by atoms with Crippen molar-refractivity contribution in [3.8, 4) is 0 Å². The lowest BCUT2D eigenvalue weighted by Crippen LogP contribution is -2.28. The van der Waals surface area contributed by atoms with Crippen LogP contribution in [0.2, 0.25) is 0 Å². The second-order valence-electron chi connectivity index (χ2n) is 2.60. The van der Waals surface area contributed by atoms with Gasteiger partial charge in [0.2, 0.25) is 0 Å². The zero-order valence-corrected chi connectivity index (χ0v) is 8.79. The van der Waals surface area contributed by atoms with Crippen molar-refractivity contribution < 1.29 is 9.53 Å².